The first kappa shape index (κ1) is 20.3. The van der Waals surface area contributed by atoms with Crippen LogP contribution in [0.4, 0.5) is 15.9 Å². The number of halogens is 2. The summed E-state index contributed by atoms with van der Waals surface area (Å²) >= 11 is 5.87. The molecule has 0 amide bonds. The third-order valence-electron chi connectivity index (χ3n) is 4.57. The molecule has 0 saturated heterocycles. The Morgan fingerprint density at radius 2 is 1.93 bits per heavy atom. The van der Waals surface area contributed by atoms with Crippen molar-refractivity contribution in [1.29, 1.82) is 0 Å². The van der Waals surface area contributed by atoms with Crippen LogP contribution >= 0.6 is 11.6 Å². The average molecular weight is 403 g/mol. The predicted molar refractivity (Wildman–Crippen MR) is 112 cm³/mol. The molecule has 2 aromatic carbocycles. The Labute approximate surface area is 169 Å². The van der Waals surface area contributed by atoms with E-state index in [0.717, 1.165) is 42.7 Å². The fourth-order valence-corrected chi connectivity index (χ4v) is 3.13. The number of benzene rings is 2. The smallest absolute Gasteiger partial charge is 0.141 e. The second-order valence-electron chi connectivity index (χ2n) is 6.38. The summed E-state index contributed by atoms with van der Waals surface area (Å²) in [6.07, 6.45) is 2.45. The van der Waals surface area contributed by atoms with Crippen molar-refractivity contribution in [2.45, 2.75) is 20.3 Å². The van der Waals surface area contributed by atoms with Gasteiger partial charge in [0, 0.05) is 17.6 Å². The van der Waals surface area contributed by atoms with Gasteiger partial charge in [0.25, 0.3) is 0 Å². The maximum Gasteiger partial charge on any atom is 0.141 e. The first-order valence-electron chi connectivity index (χ1n) is 9.42. The van der Waals surface area contributed by atoms with Gasteiger partial charge in [0.15, 0.2) is 0 Å². The van der Waals surface area contributed by atoms with Crippen molar-refractivity contribution in [1.82, 2.24) is 14.9 Å². The fourth-order valence-electron chi connectivity index (χ4n) is 2.95. The molecule has 1 N–H and O–H groups in total. The van der Waals surface area contributed by atoms with Crippen LogP contribution in [-0.4, -0.2) is 41.1 Å². The molecule has 0 aliphatic heterocycles. The molecule has 148 valence electrons. The third kappa shape index (κ3) is 5.09. The largest absolute Gasteiger partial charge is 0.494 e. The normalized spacial score (nSPS) is 11.2. The first-order chi connectivity index (χ1) is 13.6. The number of rotatable bonds is 9. The van der Waals surface area contributed by atoms with Crippen LogP contribution in [0.3, 0.4) is 0 Å². The van der Waals surface area contributed by atoms with Crippen LogP contribution in [0.5, 0.6) is 5.75 Å². The van der Waals surface area contributed by atoms with E-state index in [2.05, 4.69) is 34.0 Å². The van der Waals surface area contributed by atoms with Gasteiger partial charge in [-0.3, -0.25) is 0 Å². The molecule has 0 unspecified atom stereocenters. The van der Waals surface area contributed by atoms with E-state index in [-0.39, 0.29) is 5.02 Å². The molecule has 0 atom stereocenters. The van der Waals surface area contributed by atoms with Crippen LogP contribution in [0.25, 0.3) is 10.9 Å². The molecule has 0 spiro atoms. The van der Waals surface area contributed by atoms with Gasteiger partial charge in [-0.25, -0.2) is 14.4 Å². The van der Waals surface area contributed by atoms with Crippen LogP contribution < -0.4 is 10.1 Å². The fraction of sp³-hybridized carbons (Fsp3) is 0.333. The van der Waals surface area contributed by atoms with Gasteiger partial charge in [-0.2, -0.15) is 0 Å². The molecule has 0 aliphatic rings. The molecule has 3 aromatic rings. The van der Waals surface area contributed by atoms with E-state index in [9.17, 15) is 4.39 Å². The highest BCUT2D eigenvalue weighted by Gasteiger charge is 2.08. The van der Waals surface area contributed by atoms with Crippen molar-refractivity contribution in [3.05, 3.63) is 53.6 Å². The van der Waals surface area contributed by atoms with E-state index < -0.39 is 5.82 Å². The minimum atomic E-state index is -0.458. The van der Waals surface area contributed by atoms with Crippen molar-refractivity contribution in [3.63, 3.8) is 0 Å². The molecule has 3 rings (SSSR count). The van der Waals surface area contributed by atoms with E-state index in [1.807, 2.05) is 18.2 Å². The average Bonchev–Trinajstić information content (AvgIpc) is 2.71. The Morgan fingerprint density at radius 1 is 1.11 bits per heavy atom. The van der Waals surface area contributed by atoms with Crippen molar-refractivity contribution in [3.8, 4) is 5.75 Å². The molecule has 0 bridgehead atoms. The predicted octanol–water partition coefficient (Wildman–Crippen LogP) is 5.28. The van der Waals surface area contributed by atoms with E-state index >= 15 is 0 Å². The monoisotopic (exact) mass is 402 g/mol. The van der Waals surface area contributed by atoms with E-state index in [1.165, 1.54) is 18.5 Å². The maximum atomic E-state index is 13.4. The minimum absolute atomic E-state index is 0.0561. The summed E-state index contributed by atoms with van der Waals surface area (Å²) in [6.45, 7) is 8.08. The van der Waals surface area contributed by atoms with Gasteiger partial charge in [-0.15, -0.1) is 0 Å². The summed E-state index contributed by atoms with van der Waals surface area (Å²) in [7, 11) is 0. The SMILES string of the molecule is CCN(CC)CCCOc1ccc2ncnc(Nc3ccc(F)c(Cl)c3)c2c1. The lowest BCUT2D eigenvalue weighted by Gasteiger charge is -2.17. The van der Waals surface area contributed by atoms with E-state index in [1.54, 1.807) is 6.07 Å². The van der Waals surface area contributed by atoms with Gasteiger partial charge in [-0.05, 0) is 55.9 Å². The quantitative estimate of drug-likeness (QED) is 0.493. The van der Waals surface area contributed by atoms with Crippen molar-refractivity contribution >= 4 is 34.0 Å². The molecule has 7 heteroatoms. The van der Waals surface area contributed by atoms with Gasteiger partial charge >= 0.3 is 0 Å². The van der Waals surface area contributed by atoms with Crippen molar-refractivity contribution in [2.75, 3.05) is 31.6 Å². The van der Waals surface area contributed by atoms with Crippen LogP contribution in [0, 0.1) is 5.82 Å². The third-order valence-corrected chi connectivity index (χ3v) is 4.86. The van der Waals surface area contributed by atoms with E-state index in [0.29, 0.717) is 18.1 Å². The molecular formula is C21H24ClFN4O. The summed E-state index contributed by atoms with van der Waals surface area (Å²) in [5, 5.41) is 4.05. The number of ether oxygens (including phenoxy) is 1. The zero-order chi connectivity index (χ0) is 19.9. The van der Waals surface area contributed by atoms with Crippen molar-refractivity contribution in [2.24, 2.45) is 0 Å². The number of anilines is 2. The Morgan fingerprint density at radius 3 is 2.68 bits per heavy atom. The molecule has 0 aliphatic carbocycles. The lowest BCUT2D eigenvalue weighted by atomic mass is 10.2. The van der Waals surface area contributed by atoms with Crippen LogP contribution in [-0.2, 0) is 0 Å². The number of aromatic nitrogens is 2. The van der Waals surface area contributed by atoms with Gasteiger partial charge < -0.3 is 15.0 Å². The van der Waals surface area contributed by atoms with Crippen LogP contribution in [0.15, 0.2) is 42.7 Å². The second kappa shape index (κ2) is 9.66. The highest BCUT2D eigenvalue weighted by atomic mass is 35.5. The summed E-state index contributed by atoms with van der Waals surface area (Å²) in [5.74, 6) is 0.920. The lowest BCUT2D eigenvalue weighted by molar-refractivity contribution is 0.249. The van der Waals surface area contributed by atoms with Gasteiger partial charge in [-0.1, -0.05) is 25.4 Å². The molecular weight excluding hydrogens is 379 g/mol. The topological polar surface area (TPSA) is 50.3 Å². The highest BCUT2D eigenvalue weighted by molar-refractivity contribution is 6.31. The zero-order valence-electron chi connectivity index (χ0n) is 16.1. The Bertz CT molecular complexity index is 933. The first-order valence-corrected chi connectivity index (χ1v) is 9.80. The Hall–Kier alpha value is -2.44. The molecule has 28 heavy (non-hydrogen) atoms. The Kier molecular flexibility index (Phi) is 7.01. The lowest BCUT2D eigenvalue weighted by Crippen LogP contribution is -2.25. The molecule has 1 aromatic heterocycles. The summed E-state index contributed by atoms with van der Waals surface area (Å²) in [4.78, 5) is 11.0. The highest BCUT2D eigenvalue weighted by Crippen LogP contribution is 2.28. The number of hydrogen-bond acceptors (Lipinski definition) is 5. The molecule has 1 heterocycles. The summed E-state index contributed by atoms with van der Waals surface area (Å²) < 4.78 is 19.3. The molecule has 0 saturated carbocycles. The number of fused-ring (bicyclic) bond motifs is 1. The summed E-state index contributed by atoms with van der Waals surface area (Å²) in [5.41, 5.74) is 1.44. The zero-order valence-corrected chi connectivity index (χ0v) is 16.8. The number of nitrogens with one attached hydrogen (secondary N) is 1. The second-order valence-corrected chi connectivity index (χ2v) is 6.79. The van der Waals surface area contributed by atoms with E-state index in [4.69, 9.17) is 16.3 Å². The van der Waals surface area contributed by atoms with Gasteiger partial charge in [0.1, 0.15) is 23.7 Å². The maximum absolute atomic E-state index is 13.4. The van der Waals surface area contributed by atoms with Gasteiger partial charge in [0.05, 0.1) is 17.1 Å². The summed E-state index contributed by atoms with van der Waals surface area (Å²) in [6, 6.07) is 10.2. The van der Waals surface area contributed by atoms with Crippen LogP contribution in [0.1, 0.15) is 20.3 Å². The molecule has 0 radical (unpaired) electrons. The van der Waals surface area contributed by atoms with Crippen molar-refractivity contribution < 1.29 is 9.13 Å². The van der Waals surface area contributed by atoms with Crippen LogP contribution in [0.2, 0.25) is 5.02 Å². The number of nitrogens with zero attached hydrogens (tertiary/aromatic N) is 3. The van der Waals surface area contributed by atoms with Gasteiger partial charge in [0.2, 0.25) is 0 Å². The molecule has 0 fully saturated rings. The minimum Gasteiger partial charge on any atom is -0.494 e. The standard InChI is InChI=1S/C21H24ClFN4O/c1-3-27(4-2)10-5-11-28-16-7-9-20-17(13-16)21(25-14-24-20)26-15-6-8-19(23)18(22)12-15/h6-9,12-14H,3-5,10-11H2,1-2H3,(H,24,25,26). The Balaban J connectivity index is 1.73. The molecule has 5 nitrogen and oxygen atoms in total. The number of hydrogen-bond donors (Lipinski definition) is 1.